The van der Waals surface area contributed by atoms with Gasteiger partial charge in [0.1, 0.15) is 0 Å². The average molecular weight is 271 g/mol. The maximum Gasteiger partial charge on any atom is 0.0109 e. The first-order chi connectivity index (χ1) is 8.83. The SMILES string of the molecule is CCCN(CCN(C)C)CC(C)(CC)CNC(C)C. The van der Waals surface area contributed by atoms with Crippen molar-refractivity contribution in [1.29, 1.82) is 0 Å². The summed E-state index contributed by atoms with van der Waals surface area (Å²) in [7, 11) is 4.31. The zero-order valence-electron chi connectivity index (χ0n) is 14.4. The zero-order chi connectivity index (χ0) is 14.9. The summed E-state index contributed by atoms with van der Waals surface area (Å²) >= 11 is 0. The summed E-state index contributed by atoms with van der Waals surface area (Å²) in [5, 5.41) is 3.61. The van der Waals surface area contributed by atoms with Crippen LogP contribution in [-0.4, -0.2) is 62.7 Å². The minimum Gasteiger partial charge on any atom is -0.314 e. The lowest BCUT2D eigenvalue weighted by Gasteiger charge is -2.36. The highest BCUT2D eigenvalue weighted by Crippen LogP contribution is 2.22. The third-order valence-corrected chi connectivity index (χ3v) is 3.80. The molecule has 0 saturated carbocycles. The van der Waals surface area contributed by atoms with E-state index in [-0.39, 0.29) is 0 Å². The smallest absolute Gasteiger partial charge is 0.0109 e. The molecule has 0 heterocycles. The molecule has 3 heteroatoms. The maximum absolute atomic E-state index is 3.61. The molecule has 3 nitrogen and oxygen atoms in total. The molecule has 0 aromatic carbocycles. The Labute approximate surface area is 121 Å². The molecule has 0 aliphatic carbocycles. The summed E-state index contributed by atoms with van der Waals surface area (Å²) in [6.45, 7) is 17.3. The molecule has 0 aromatic heterocycles. The fourth-order valence-electron chi connectivity index (χ4n) is 2.21. The summed E-state index contributed by atoms with van der Waals surface area (Å²) in [6.07, 6.45) is 2.47. The Morgan fingerprint density at radius 3 is 2.11 bits per heavy atom. The van der Waals surface area contributed by atoms with Crippen LogP contribution >= 0.6 is 0 Å². The first-order valence-electron chi connectivity index (χ1n) is 7.93. The second kappa shape index (κ2) is 9.73. The second-order valence-electron chi connectivity index (χ2n) is 6.78. The van der Waals surface area contributed by atoms with Gasteiger partial charge in [-0.1, -0.05) is 34.6 Å². The van der Waals surface area contributed by atoms with Crippen LogP contribution in [0.4, 0.5) is 0 Å². The Morgan fingerprint density at radius 1 is 1.05 bits per heavy atom. The van der Waals surface area contributed by atoms with Crippen LogP contribution in [0.1, 0.15) is 47.5 Å². The van der Waals surface area contributed by atoms with E-state index in [2.05, 4.69) is 63.8 Å². The van der Waals surface area contributed by atoms with E-state index in [9.17, 15) is 0 Å². The summed E-state index contributed by atoms with van der Waals surface area (Å²) < 4.78 is 0. The first kappa shape index (κ1) is 18.9. The highest BCUT2D eigenvalue weighted by atomic mass is 15.2. The van der Waals surface area contributed by atoms with Gasteiger partial charge in [0.05, 0.1) is 0 Å². The summed E-state index contributed by atoms with van der Waals surface area (Å²) in [5.41, 5.74) is 0.381. The van der Waals surface area contributed by atoms with Gasteiger partial charge in [0.2, 0.25) is 0 Å². The molecule has 0 bridgehead atoms. The predicted octanol–water partition coefficient (Wildman–Crippen LogP) is 2.67. The number of nitrogens with zero attached hydrogens (tertiary/aromatic N) is 2. The molecule has 1 atom stereocenters. The Bertz CT molecular complexity index is 216. The van der Waals surface area contributed by atoms with E-state index < -0.39 is 0 Å². The van der Waals surface area contributed by atoms with Crippen LogP contribution in [-0.2, 0) is 0 Å². The van der Waals surface area contributed by atoms with E-state index in [0.717, 1.165) is 13.1 Å². The average Bonchev–Trinajstić information content (AvgIpc) is 2.34. The van der Waals surface area contributed by atoms with Gasteiger partial charge in [-0.25, -0.2) is 0 Å². The van der Waals surface area contributed by atoms with Gasteiger partial charge < -0.3 is 15.1 Å². The molecular weight excluding hydrogens is 234 g/mol. The minimum atomic E-state index is 0.381. The summed E-state index contributed by atoms with van der Waals surface area (Å²) in [4.78, 5) is 4.91. The fourth-order valence-corrected chi connectivity index (χ4v) is 2.21. The molecule has 0 aliphatic rings. The monoisotopic (exact) mass is 271 g/mol. The van der Waals surface area contributed by atoms with Crippen LogP contribution in [0, 0.1) is 5.41 Å². The van der Waals surface area contributed by atoms with Crippen molar-refractivity contribution in [2.75, 3.05) is 46.8 Å². The lowest BCUT2D eigenvalue weighted by Crippen LogP contribution is -2.45. The van der Waals surface area contributed by atoms with Gasteiger partial charge in [-0.3, -0.25) is 0 Å². The molecule has 0 radical (unpaired) electrons. The summed E-state index contributed by atoms with van der Waals surface area (Å²) in [6, 6.07) is 0.576. The minimum absolute atomic E-state index is 0.381. The lowest BCUT2D eigenvalue weighted by molar-refractivity contribution is 0.143. The van der Waals surface area contributed by atoms with Gasteiger partial charge in [-0.15, -0.1) is 0 Å². The quantitative estimate of drug-likeness (QED) is 0.623. The molecule has 0 aromatic rings. The molecule has 116 valence electrons. The molecule has 1 unspecified atom stereocenters. The Hall–Kier alpha value is -0.120. The van der Waals surface area contributed by atoms with Crippen LogP contribution < -0.4 is 5.32 Å². The summed E-state index contributed by atoms with van der Waals surface area (Å²) in [5.74, 6) is 0. The molecule has 0 aliphatic heterocycles. The van der Waals surface area contributed by atoms with Crippen LogP contribution in [0.3, 0.4) is 0 Å². The van der Waals surface area contributed by atoms with Crippen molar-refractivity contribution in [2.24, 2.45) is 5.41 Å². The number of rotatable bonds is 11. The number of nitrogens with one attached hydrogen (secondary N) is 1. The molecule has 0 spiro atoms. The lowest BCUT2D eigenvalue weighted by atomic mass is 9.86. The highest BCUT2D eigenvalue weighted by Gasteiger charge is 2.25. The van der Waals surface area contributed by atoms with Crippen molar-refractivity contribution in [2.45, 2.75) is 53.5 Å². The van der Waals surface area contributed by atoms with Crippen molar-refractivity contribution >= 4 is 0 Å². The second-order valence-corrected chi connectivity index (χ2v) is 6.78. The maximum atomic E-state index is 3.61. The zero-order valence-corrected chi connectivity index (χ0v) is 14.4. The standard InChI is InChI=1S/C16H37N3/c1-8-10-19(12-11-18(6)7)14-16(5,9-2)13-17-15(3)4/h15,17H,8-14H2,1-7H3. The van der Waals surface area contributed by atoms with Gasteiger partial charge in [-0.05, 0) is 38.9 Å². The van der Waals surface area contributed by atoms with Crippen molar-refractivity contribution in [3.63, 3.8) is 0 Å². The molecule has 0 fully saturated rings. The van der Waals surface area contributed by atoms with E-state index in [1.807, 2.05) is 0 Å². The van der Waals surface area contributed by atoms with E-state index in [4.69, 9.17) is 0 Å². The molecule has 1 N–H and O–H groups in total. The normalized spacial score (nSPS) is 15.5. The molecule has 0 amide bonds. The number of hydrogen-bond acceptors (Lipinski definition) is 3. The predicted molar refractivity (Wildman–Crippen MR) is 86.8 cm³/mol. The topological polar surface area (TPSA) is 18.5 Å². The van der Waals surface area contributed by atoms with Crippen LogP contribution in [0.5, 0.6) is 0 Å². The number of likely N-dealkylation sites (N-methyl/N-ethyl adjacent to an activating group) is 1. The van der Waals surface area contributed by atoms with E-state index in [0.29, 0.717) is 11.5 Å². The van der Waals surface area contributed by atoms with Crippen molar-refractivity contribution in [3.05, 3.63) is 0 Å². The molecular formula is C16H37N3. The Balaban J connectivity index is 4.39. The molecule has 0 saturated heterocycles. The van der Waals surface area contributed by atoms with Crippen LogP contribution in [0.25, 0.3) is 0 Å². The van der Waals surface area contributed by atoms with Crippen molar-refractivity contribution < 1.29 is 0 Å². The van der Waals surface area contributed by atoms with Crippen molar-refractivity contribution in [3.8, 4) is 0 Å². The van der Waals surface area contributed by atoms with Gasteiger partial charge >= 0.3 is 0 Å². The van der Waals surface area contributed by atoms with Crippen LogP contribution in [0.2, 0.25) is 0 Å². The van der Waals surface area contributed by atoms with E-state index >= 15 is 0 Å². The van der Waals surface area contributed by atoms with Gasteiger partial charge in [-0.2, -0.15) is 0 Å². The molecule has 19 heavy (non-hydrogen) atoms. The Morgan fingerprint density at radius 2 is 1.68 bits per heavy atom. The van der Waals surface area contributed by atoms with Gasteiger partial charge in [0.25, 0.3) is 0 Å². The third kappa shape index (κ3) is 9.42. The number of hydrogen-bond donors (Lipinski definition) is 1. The highest BCUT2D eigenvalue weighted by molar-refractivity contribution is 4.80. The fraction of sp³-hybridized carbons (Fsp3) is 1.00. The first-order valence-corrected chi connectivity index (χ1v) is 7.93. The third-order valence-electron chi connectivity index (χ3n) is 3.80. The van der Waals surface area contributed by atoms with Crippen molar-refractivity contribution in [1.82, 2.24) is 15.1 Å². The van der Waals surface area contributed by atoms with Crippen LogP contribution in [0.15, 0.2) is 0 Å². The van der Waals surface area contributed by atoms with Gasteiger partial charge in [0, 0.05) is 32.2 Å². The van der Waals surface area contributed by atoms with E-state index in [1.165, 1.54) is 32.5 Å². The largest absolute Gasteiger partial charge is 0.314 e. The Kier molecular flexibility index (Phi) is 9.67. The van der Waals surface area contributed by atoms with Gasteiger partial charge in [0.15, 0.2) is 0 Å². The molecule has 0 rings (SSSR count). The van der Waals surface area contributed by atoms with E-state index in [1.54, 1.807) is 0 Å².